The van der Waals surface area contributed by atoms with Crippen molar-refractivity contribution in [2.45, 2.75) is 35.6 Å². The van der Waals surface area contributed by atoms with E-state index in [-0.39, 0.29) is 6.04 Å². The normalized spacial score (nSPS) is 21.1. The molecule has 1 aliphatic carbocycles. The molecule has 2 aromatic rings. The van der Waals surface area contributed by atoms with E-state index in [0.29, 0.717) is 0 Å². The molecule has 4 rings (SSSR count). The molecule has 1 atom stereocenters. The highest BCUT2D eigenvalue weighted by Crippen LogP contribution is 2.39. The van der Waals surface area contributed by atoms with E-state index < -0.39 is 0 Å². The van der Waals surface area contributed by atoms with Crippen molar-refractivity contribution in [3.05, 3.63) is 60.2 Å². The number of benzene rings is 2. The average molecular weight is 349 g/mol. The minimum Gasteiger partial charge on any atom is -0.355 e. The highest BCUT2D eigenvalue weighted by atomic mass is 32.2. The van der Waals surface area contributed by atoms with E-state index in [2.05, 4.69) is 70.3 Å². The molecule has 2 aromatic carbocycles. The Balaban J connectivity index is 1.40. The lowest BCUT2D eigenvalue weighted by molar-refractivity contribution is 0.232. The molecule has 2 aliphatic rings. The van der Waals surface area contributed by atoms with Crippen LogP contribution in [0.2, 0.25) is 0 Å². The Hall–Kier alpha value is -1.89. The molecule has 1 saturated heterocycles. The van der Waals surface area contributed by atoms with Crippen molar-refractivity contribution in [2.24, 2.45) is 0 Å². The molecule has 0 spiro atoms. The molecule has 2 nitrogen and oxygen atoms in total. The molecule has 0 bridgehead atoms. The van der Waals surface area contributed by atoms with Gasteiger partial charge in [0.25, 0.3) is 0 Å². The summed E-state index contributed by atoms with van der Waals surface area (Å²) in [4.78, 5) is 6.23. The van der Waals surface area contributed by atoms with Crippen molar-refractivity contribution in [3.63, 3.8) is 0 Å². The van der Waals surface area contributed by atoms with Gasteiger partial charge in [-0.15, -0.1) is 18.2 Å². The van der Waals surface area contributed by atoms with Gasteiger partial charge >= 0.3 is 0 Å². The molecule has 2 fully saturated rings. The number of thioether (sulfide) groups is 1. The molecule has 0 radical (unpaired) electrons. The van der Waals surface area contributed by atoms with Crippen LogP contribution in [0.5, 0.6) is 0 Å². The van der Waals surface area contributed by atoms with Gasteiger partial charge in [0.05, 0.1) is 0 Å². The van der Waals surface area contributed by atoms with Crippen LogP contribution >= 0.6 is 11.8 Å². The minimum atomic E-state index is 0.138. The fraction of sp³-hybridized carbons (Fsp3) is 0.364. The first-order chi connectivity index (χ1) is 12.3. The predicted molar refractivity (Wildman–Crippen MR) is 107 cm³/mol. The van der Waals surface area contributed by atoms with E-state index in [4.69, 9.17) is 6.42 Å². The number of terminal acetylenes is 1. The first kappa shape index (κ1) is 16.6. The maximum absolute atomic E-state index is 5.87. The van der Waals surface area contributed by atoms with Gasteiger partial charge in [-0.05, 0) is 42.7 Å². The molecule has 0 amide bonds. The van der Waals surface area contributed by atoms with Crippen molar-refractivity contribution < 1.29 is 0 Å². The van der Waals surface area contributed by atoms with E-state index in [0.717, 1.165) is 31.4 Å². The lowest BCUT2D eigenvalue weighted by atomic mass is 10.1. The van der Waals surface area contributed by atoms with Crippen LogP contribution in [-0.4, -0.2) is 35.8 Å². The van der Waals surface area contributed by atoms with E-state index in [1.54, 1.807) is 0 Å². The van der Waals surface area contributed by atoms with Gasteiger partial charge in [0.15, 0.2) is 0 Å². The van der Waals surface area contributed by atoms with Gasteiger partial charge < -0.3 is 4.90 Å². The van der Waals surface area contributed by atoms with Crippen molar-refractivity contribution >= 4 is 17.4 Å². The highest BCUT2D eigenvalue weighted by molar-refractivity contribution is 8.00. The Bertz CT molecular complexity index is 731. The summed E-state index contributed by atoms with van der Waals surface area (Å²) < 4.78 is 0. The van der Waals surface area contributed by atoms with Gasteiger partial charge in [-0.25, -0.2) is 0 Å². The standard InChI is InChI=1S/C22H24N2S/c1-2-19-17-23(16-18-6-4-3-5-7-18)14-15-24(19)20-8-10-21(11-9-20)25-22-12-13-22/h1,3-11,19,22H,12-17H2/t19-/m0/s1. The summed E-state index contributed by atoms with van der Waals surface area (Å²) in [6.07, 6.45) is 8.61. The maximum atomic E-state index is 5.87. The second-order valence-corrected chi connectivity index (χ2v) is 8.28. The molecule has 0 unspecified atom stereocenters. The van der Waals surface area contributed by atoms with Gasteiger partial charge in [-0.1, -0.05) is 36.3 Å². The van der Waals surface area contributed by atoms with E-state index in [1.807, 2.05) is 11.8 Å². The molecule has 1 aliphatic heterocycles. The summed E-state index contributed by atoms with van der Waals surface area (Å²) in [6.45, 7) is 3.93. The highest BCUT2D eigenvalue weighted by Gasteiger charge is 2.26. The third-order valence-corrected chi connectivity index (χ3v) is 6.25. The molecule has 1 heterocycles. The van der Waals surface area contributed by atoms with E-state index in [9.17, 15) is 0 Å². The Morgan fingerprint density at radius 3 is 2.44 bits per heavy atom. The number of rotatable bonds is 5. The van der Waals surface area contributed by atoms with Crippen LogP contribution in [0.1, 0.15) is 18.4 Å². The summed E-state index contributed by atoms with van der Waals surface area (Å²) >= 11 is 2.01. The monoisotopic (exact) mass is 348 g/mol. The lowest BCUT2D eigenvalue weighted by Crippen LogP contribution is -2.52. The van der Waals surface area contributed by atoms with Crippen LogP contribution in [-0.2, 0) is 6.54 Å². The molecule has 3 heteroatoms. The lowest BCUT2D eigenvalue weighted by Gasteiger charge is -2.40. The Morgan fingerprint density at radius 2 is 1.76 bits per heavy atom. The second-order valence-electron chi connectivity index (χ2n) is 6.91. The Morgan fingerprint density at radius 1 is 1.00 bits per heavy atom. The molecular weight excluding hydrogens is 324 g/mol. The zero-order valence-corrected chi connectivity index (χ0v) is 15.3. The summed E-state index contributed by atoms with van der Waals surface area (Å²) in [7, 11) is 0. The predicted octanol–water partition coefficient (Wildman–Crippen LogP) is 4.27. The Kier molecular flexibility index (Phi) is 5.01. The zero-order valence-electron chi connectivity index (χ0n) is 14.5. The van der Waals surface area contributed by atoms with Crippen LogP contribution in [0.15, 0.2) is 59.5 Å². The number of hydrogen-bond acceptors (Lipinski definition) is 3. The SMILES string of the molecule is C#C[C@H]1CN(Cc2ccccc2)CCN1c1ccc(SC2CC2)cc1. The second kappa shape index (κ2) is 7.56. The number of anilines is 1. The number of nitrogens with zero attached hydrogens (tertiary/aromatic N) is 2. The van der Waals surface area contributed by atoms with Gasteiger partial charge in [0, 0.05) is 42.0 Å². The molecule has 0 aromatic heterocycles. The number of hydrogen-bond donors (Lipinski definition) is 0. The van der Waals surface area contributed by atoms with Crippen molar-refractivity contribution in [2.75, 3.05) is 24.5 Å². The van der Waals surface area contributed by atoms with Gasteiger partial charge in [0.2, 0.25) is 0 Å². The summed E-state index contributed by atoms with van der Waals surface area (Å²) in [5.41, 5.74) is 2.61. The van der Waals surface area contributed by atoms with Gasteiger partial charge in [0.1, 0.15) is 6.04 Å². The average Bonchev–Trinajstić information content (AvgIpc) is 3.47. The third kappa shape index (κ3) is 4.21. The maximum Gasteiger partial charge on any atom is 0.103 e. The smallest absolute Gasteiger partial charge is 0.103 e. The summed E-state index contributed by atoms with van der Waals surface area (Å²) in [5.74, 6) is 3.00. The first-order valence-corrected chi connectivity index (χ1v) is 9.95. The Labute approximate surface area is 155 Å². The molecule has 25 heavy (non-hydrogen) atoms. The molecule has 128 valence electrons. The largest absolute Gasteiger partial charge is 0.355 e. The first-order valence-electron chi connectivity index (χ1n) is 9.07. The summed E-state index contributed by atoms with van der Waals surface area (Å²) in [5, 5.41) is 0.853. The fourth-order valence-corrected chi connectivity index (χ4v) is 4.42. The third-order valence-electron chi connectivity index (χ3n) is 4.90. The van der Waals surface area contributed by atoms with Gasteiger partial charge in [-0.2, -0.15) is 0 Å². The molecular formula is C22H24N2S. The van der Waals surface area contributed by atoms with Crippen LogP contribution in [0.25, 0.3) is 0 Å². The quantitative estimate of drug-likeness (QED) is 0.745. The van der Waals surface area contributed by atoms with Gasteiger partial charge in [-0.3, -0.25) is 4.90 Å². The molecule has 1 saturated carbocycles. The van der Waals surface area contributed by atoms with E-state index >= 15 is 0 Å². The van der Waals surface area contributed by atoms with Crippen molar-refractivity contribution in [1.82, 2.24) is 4.90 Å². The number of piperazine rings is 1. The van der Waals surface area contributed by atoms with Crippen molar-refractivity contribution in [1.29, 1.82) is 0 Å². The van der Waals surface area contributed by atoms with Crippen molar-refractivity contribution in [3.8, 4) is 12.3 Å². The van der Waals surface area contributed by atoms with Crippen LogP contribution in [0.3, 0.4) is 0 Å². The fourth-order valence-electron chi connectivity index (χ4n) is 3.37. The topological polar surface area (TPSA) is 6.48 Å². The molecule has 0 N–H and O–H groups in total. The van der Waals surface area contributed by atoms with E-state index in [1.165, 1.54) is 29.0 Å². The minimum absolute atomic E-state index is 0.138. The van der Waals surface area contributed by atoms with Crippen LogP contribution in [0.4, 0.5) is 5.69 Å². The van der Waals surface area contributed by atoms with Crippen LogP contribution in [0, 0.1) is 12.3 Å². The zero-order chi connectivity index (χ0) is 17.1. The van der Waals surface area contributed by atoms with Crippen LogP contribution < -0.4 is 4.90 Å². The summed E-state index contributed by atoms with van der Waals surface area (Å²) in [6, 6.07) is 19.8.